The average Bonchev–Trinajstić information content (AvgIpc) is 3.34. The summed E-state index contributed by atoms with van der Waals surface area (Å²) in [6.45, 7) is 2.54. The summed E-state index contributed by atoms with van der Waals surface area (Å²) in [5, 5.41) is 0.777. The Morgan fingerprint density at radius 2 is 2.26 bits per heavy atom. The Bertz CT molecular complexity index is 959. The number of fused-ring (bicyclic) bond motifs is 1. The molecule has 0 radical (unpaired) electrons. The van der Waals surface area contributed by atoms with Crippen molar-refractivity contribution < 1.29 is 9.21 Å². The van der Waals surface area contributed by atoms with E-state index in [2.05, 4.69) is 29.0 Å². The van der Waals surface area contributed by atoms with Gasteiger partial charge >= 0.3 is 0 Å². The molecular formula is C21H23N3O2S. The molecule has 140 valence electrons. The van der Waals surface area contributed by atoms with Crippen LogP contribution in [0.2, 0.25) is 0 Å². The second kappa shape index (κ2) is 8.05. The first-order valence-corrected chi connectivity index (χ1v) is 10.3. The smallest absolute Gasteiger partial charge is 0.237 e. The van der Waals surface area contributed by atoms with Crippen LogP contribution >= 0.6 is 11.8 Å². The lowest BCUT2D eigenvalue weighted by molar-refractivity contribution is -0.127. The average molecular weight is 382 g/mol. The summed E-state index contributed by atoms with van der Waals surface area (Å²) in [7, 11) is 0. The number of furan rings is 1. The fraction of sp³-hybridized carbons (Fsp3) is 0.333. The maximum atomic E-state index is 13.0. The SMILES string of the molecule is Cc1ccc2nc(SCC(=O)N(Cc3ccco3)C3=CCCCC3)[nH]c2c1. The number of allylic oxidation sites excluding steroid dienone is 2. The molecule has 0 fully saturated rings. The second-order valence-corrected chi connectivity index (χ2v) is 7.82. The molecule has 2 aromatic heterocycles. The van der Waals surface area contributed by atoms with Crippen LogP contribution in [0, 0.1) is 6.92 Å². The molecule has 1 amide bonds. The largest absolute Gasteiger partial charge is 0.467 e. The van der Waals surface area contributed by atoms with Crippen molar-refractivity contribution in [3.05, 3.63) is 59.7 Å². The Labute approximate surface area is 162 Å². The zero-order valence-electron chi connectivity index (χ0n) is 15.4. The number of amides is 1. The molecule has 6 heteroatoms. The number of carbonyl (C=O) groups is 1. The molecule has 1 aliphatic rings. The molecule has 4 rings (SSSR count). The van der Waals surface area contributed by atoms with Gasteiger partial charge < -0.3 is 14.3 Å². The van der Waals surface area contributed by atoms with Crippen LogP contribution in [0.5, 0.6) is 0 Å². The Morgan fingerprint density at radius 3 is 3.04 bits per heavy atom. The first-order valence-electron chi connectivity index (χ1n) is 9.30. The minimum atomic E-state index is 0.0844. The van der Waals surface area contributed by atoms with E-state index in [-0.39, 0.29) is 5.91 Å². The number of aryl methyl sites for hydroxylation is 1. The van der Waals surface area contributed by atoms with Gasteiger partial charge in [0, 0.05) is 5.70 Å². The molecule has 0 saturated heterocycles. The van der Waals surface area contributed by atoms with Crippen LogP contribution in [0.4, 0.5) is 0 Å². The maximum Gasteiger partial charge on any atom is 0.237 e. The lowest BCUT2D eigenvalue weighted by atomic mass is 10.0. The predicted molar refractivity (Wildman–Crippen MR) is 107 cm³/mol. The Balaban J connectivity index is 1.47. The van der Waals surface area contributed by atoms with E-state index in [0.717, 1.165) is 46.9 Å². The van der Waals surface area contributed by atoms with Crippen LogP contribution in [-0.2, 0) is 11.3 Å². The molecule has 2 heterocycles. The monoisotopic (exact) mass is 381 g/mol. The number of nitrogens with one attached hydrogen (secondary N) is 1. The van der Waals surface area contributed by atoms with Gasteiger partial charge in [-0.05, 0) is 62.4 Å². The van der Waals surface area contributed by atoms with Crippen LogP contribution in [0.1, 0.15) is 37.0 Å². The number of aromatic amines is 1. The molecule has 1 N–H and O–H groups in total. The van der Waals surface area contributed by atoms with E-state index in [1.54, 1.807) is 6.26 Å². The lowest BCUT2D eigenvalue weighted by Crippen LogP contribution is -2.32. The highest BCUT2D eigenvalue weighted by atomic mass is 32.2. The van der Waals surface area contributed by atoms with Gasteiger partial charge in [0.05, 0.1) is 29.6 Å². The third-order valence-electron chi connectivity index (χ3n) is 4.76. The minimum Gasteiger partial charge on any atom is -0.467 e. The Morgan fingerprint density at radius 1 is 1.33 bits per heavy atom. The van der Waals surface area contributed by atoms with Gasteiger partial charge in [-0.15, -0.1) is 0 Å². The van der Waals surface area contributed by atoms with Crippen LogP contribution in [0.25, 0.3) is 11.0 Å². The zero-order valence-corrected chi connectivity index (χ0v) is 16.2. The molecule has 3 aromatic rings. The number of carbonyl (C=O) groups excluding carboxylic acids is 1. The van der Waals surface area contributed by atoms with Crippen LogP contribution in [0.15, 0.2) is 57.9 Å². The quantitative estimate of drug-likeness (QED) is 0.608. The normalized spacial score (nSPS) is 14.3. The molecule has 27 heavy (non-hydrogen) atoms. The Hall–Kier alpha value is -2.47. The first-order chi connectivity index (χ1) is 13.2. The molecular weight excluding hydrogens is 358 g/mol. The van der Waals surface area contributed by atoms with Gasteiger partial charge in [0.25, 0.3) is 0 Å². The standard InChI is InChI=1S/C21H23N3O2S/c1-15-9-10-18-19(12-15)23-21(22-18)27-14-20(25)24(13-17-8-5-11-26-17)16-6-3-2-4-7-16/h5-6,8-12H,2-4,7,13-14H2,1H3,(H,22,23). The van der Waals surface area contributed by atoms with Crippen LogP contribution < -0.4 is 0 Å². The van der Waals surface area contributed by atoms with Crippen molar-refractivity contribution >= 4 is 28.7 Å². The minimum absolute atomic E-state index is 0.0844. The van der Waals surface area contributed by atoms with Crippen molar-refractivity contribution in [1.82, 2.24) is 14.9 Å². The molecule has 0 bridgehead atoms. The van der Waals surface area contributed by atoms with Crippen LogP contribution in [-0.4, -0.2) is 26.5 Å². The van der Waals surface area contributed by atoms with Crippen molar-refractivity contribution in [2.45, 2.75) is 44.3 Å². The zero-order chi connectivity index (χ0) is 18.6. The van der Waals surface area contributed by atoms with Gasteiger partial charge in [-0.3, -0.25) is 4.79 Å². The number of H-pyrrole nitrogens is 1. The van der Waals surface area contributed by atoms with E-state index in [1.807, 2.05) is 29.2 Å². The van der Waals surface area contributed by atoms with Gasteiger partial charge in [-0.2, -0.15) is 0 Å². The summed E-state index contributed by atoms with van der Waals surface area (Å²) in [6.07, 6.45) is 8.15. The van der Waals surface area contributed by atoms with Crippen molar-refractivity contribution in [2.24, 2.45) is 0 Å². The number of benzene rings is 1. The molecule has 1 aliphatic carbocycles. The first kappa shape index (κ1) is 17.9. The van der Waals surface area contributed by atoms with E-state index in [9.17, 15) is 4.79 Å². The molecule has 0 aliphatic heterocycles. The van der Waals surface area contributed by atoms with Crippen molar-refractivity contribution in [2.75, 3.05) is 5.75 Å². The molecule has 1 aromatic carbocycles. The van der Waals surface area contributed by atoms with Crippen molar-refractivity contribution in [1.29, 1.82) is 0 Å². The summed E-state index contributed by atoms with van der Waals surface area (Å²) in [6, 6.07) is 9.90. The molecule has 0 atom stereocenters. The Kier molecular flexibility index (Phi) is 5.34. The number of hydrogen-bond acceptors (Lipinski definition) is 4. The number of hydrogen-bond donors (Lipinski definition) is 1. The molecule has 0 unspecified atom stereocenters. The van der Waals surface area contributed by atoms with Gasteiger partial charge in [0.1, 0.15) is 5.76 Å². The lowest BCUT2D eigenvalue weighted by Gasteiger charge is -2.27. The topological polar surface area (TPSA) is 62.1 Å². The van der Waals surface area contributed by atoms with E-state index in [4.69, 9.17) is 4.42 Å². The highest BCUT2D eigenvalue weighted by Crippen LogP contribution is 2.26. The number of rotatable bonds is 6. The highest BCUT2D eigenvalue weighted by Gasteiger charge is 2.21. The fourth-order valence-corrected chi connectivity index (χ4v) is 4.11. The summed E-state index contributed by atoms with van der Waals surface area (Å²) >= 11 is 1.45. The molecule has 0 spiro atoms. The van der Waals surface area contributed by atoms with E-state index in [1.165, 1.54) is 23.7 Å². The van der Waals surface area contributed by atoms with Crippen LogP contribution in [0.3, 0.4) is 0 Å². The third-order valence-corrected chi connectivity index (χ3v) is 5.61. The van der Waals surface area contributed by atoms with E-state index >= 15 is 0 Å². The van der Waals surface area contributed by atoms with Gasteiger partial charge in [0.15, 0.2) is 5.16 Å². The molecule has 5 nitrogen and oxygen atoms in total. The van der Waals surface area contributed by atoms with E-state index < -0.39 is 0 Å². The van der Waals surface area contributed by atoms with Crippen molar-refractivity contribution in [3.8, 4) is 0 Å². The summed E-state index contributed by atoms with van der Waals surface area (Å²) in [5.41, 5.74) is 4.24. The maximum absolute atomic E-state index is 13.0. The predicted octanol–water partition coefficient (Wildman–Crippen LogP) is 5.04. The van der Waals surface area contributed by atoms with Gasteiger partial charge in [-0.25, -0.2) is 4.98 Å². The van der Waals surface area contributed by atoms with Gasteiger partial charge in [-0.1, -0.05) is 23.9 Å². The number of imidazole rings is 1. The number of aromatic nitrogens is 2. The fourth-order valence-electron chi connectivity index (χ4n) is 3.35. The molecule has 0 saturated carbocycles. The van der Waals surface area contributed by atoms with Gasteiger partial charge in [0.2, 0.25) is 5.91 Å². The summed E-state index contributed by atoms with van der Waals surface area (Å²) in [4.78, 5) is 22.7. The van der Waals surface area contributed by atoms with Crippen molar-refractivity contribution in [3.63, 3.8) is 0 Å². The highest BCUT2D eigenvalue weighted by molar-refractivity contribution is 7.99. The summed E-state index contributed by atoms with van der Waals surface area (Å²) < 4.78 is 5.47. The number of thioether (sulfide) groups is 1. The van der Waals surface area contributed by atoms with E-state index in [0.29, 0.717) is 12.3 Å². The summed E-state index contributed by atoms with van der Waals surface area (Å²) in [5.74, 6) is 1.23. The number of nitrogens with zero attached hydrogens (tertiary/aromatic N) is 2. The third kappa shape index (κ3) is 4.27. The second-order valence-electron chi connectivity index (χ2n) is 6.85.